The first kappa shape index (κ1) is 16.9. The number of aliphatic hydroxyl groups is 1. The van der Waals surface area contributed by atoms with E-state index < -0.39 is 6.10 Å². The number of methoxy groups -OCH3 is 1. The number of likely N-dealkylation sites (tertiary alicyclic amines) is 1. The van der Waals surface area contributed by atoms with E-state index in [1.165, 1.54) is 25.9 Å². The van der Waals surface area contributed by atoms with Crippen LogP contribution < -0.4 is 5.32 Å². The minimum atomic E-state index is -0.424. The second-order valence-corrected chi connectivity index (χ2v) is 5.26. The molecule has 0 bridgehead atoms. The third-order valence-electron chi connectivity index (χ3n) is 3.71. The SMILES string of the molecule is CCN1CCC(CNCC(O)COCCOC)CC1. The van der Waals surface area contributed by atoms with Gasteiger partial charge in [-0.05, 0) is 44.9 Å². The lowest BCUT2D eigenvalue weighted by Gasteiger charge is -2.31. The van der Waals surface area contributed by atoms with Gasteiger partial charge in [0.25, 0.3) is 0 Å². The van der Waals surface area contributed by atoms with Crippen molar-refractivity contribution in [1.82, 2.24) is 10.2 Å². The molecule has 0 spiro atoms. The average Bonchev–Trinajstić information content (AvgIpc) is 2.44. The first-order chi connectivity index (χ1) is 9.26. The summed E-state index contributed by atoms with van der Waals surface area (Å²) >= 11 is 0. The molecule has 0 saturated carbocycles. The van der Waals surface area contributed by atoms with Crippen LogP contribution in [0, 0.1) is 5.92 Å². The number of piperidine rings is 1. The van der Waals surface area contributed by atoms with Crippen LogP contribution in [0.4, 0.5) is 0 Å². The highest BCUT2D eigenvalue weighted by Crippen LogP contribution is 2.15. The maximum atomic E-state index is 9.72. The van der Waals surface area contributed by atoms with E-state index in [0.717, 1.165) is 19.0 Å². The highest BCUT2D eigenvalue weighted by Gasteiger charge is 2.17. The molecule has 5 heteroatoms. The van der Waals surface area contributed by atoms with Crippen molar-refractivity contribution in [2.45, 2.75) is 25.9 Å². The summed E-state index contributed by atoms with van der Waals surface area (Å²) in [5, 5.41) is 13.1. The molecule has 0 aromatic heterocycles. The summed E-state index contributed by atoms with van der Waals surface area (Å²) in [4.78, 5) is 2.50. The van der Waals surface area contributed by atoms with Gasteiger partial charge in [0, 0.05) is 13.7 Å². The van der Waals surface area contributed by atoms with Gasteiger partial charge < -0.3 is 24.8 Å². The van der Waals surface area contributed by atoms with E-state index in [-0.39, 0.29) is 0 Å². The molecule has 0 radical (unpaired) electrons. The molecule has 1 saturated heterocycles. The Kier molecular flexibility index (Phi) is 9.38. The monoisotopic (exact) mass is 274 g/mol. The fraction of sp³-hybridized carbons (Fsp3) is 1.00. The number of ether oxygens (including phenoxy) is 2. The molecule has 19 heavy (non-hydrogen) atoms. The minimum absolute atomic E-state index is 0.380. The van der Waals surface area contributed by atoms with Gasteiger partial charge in [-0.15, -0.1) is 0 Å². The highest BCUT2D eigenvalue weighted by atomic mass is 16.5. The highest BCUT2D eigenvalue weighted by molar-refractivity contribution is 4.73. The summed E-state index contributed by atoms with van der Waals surface area (Å²) in [7, 11) is 1.64. The van der Waals surface area contributed by atoms with Gasteiger partial charge >= 0.3 is 0 Å². The maximum absolute atomic E-state index is 9.72. The molecule has 1 unspecified atom stereocenters. The molecule has 0 amide bonds. The van der Waals surface area contributed by atoms with Crippen LogP contribution in [0.3, 0.4) is 0 Å². The third kappa shape index (κ3) is 7.84. The fourth-order valence-corrected chi connectivity index (χ4v) is 2.38. The number of aliphatic hydroxyl groups excluding tert-OH is 1. The molecule has 1 fully saturated rings. The van der Waals surface area contributed by atoms with Crippen molar-refractivity contribution in [3.63, 3.8) is 0 Å². The van der Waals surface area contributed by atoms with Crippen LogP contribution in [0.15, 0.2) is 0 Å². The van der Waals surface area contributed by atoms with Crippen LogP contribution in [0.1, 0.15) is 19.8 Å². The Balaban J connectivity index is 1.95. The van der Waals surface area contributed by atoms with Gasteiger partial charge in [-0.2, -0.15) is 0 Å². The minimum Gasteiger partial charge on any atom is -0.389 e. The zero-order valence-electron chi connectivity index (χ0n) is 12.4. The van der Waals surface area contributed by atoms with Gasteiger partial charge in [0.15, 0.2) is 0 Å². The van der Waals surface area contributed by atoms with E-state index in [2.05, 4.69) is 17.1 Å². The number of rotatable bonds is 10. The largest absolute Gasteiger partial charge is 0.389 e. The lowest BCUT2D eigenvalue weighted by Crippen LogP contribution is -2.39. The van der Waals surface area contributed by atoms with Gasteiger partial charge in [-0.1, -0.05) is 6.92 Å². The number of hydrogen-bond acceptors (Lipinski definition) is 5. The van der Waals surface area contributed by atoms with Crippen LogP contribution in [-0.4, -0.2) is 75.8 Å². The van der Waals surface area contributed by atoms with Crippen molar-refractivity contribution in [1.29, 1.82) is 0 Å². The standard InChI is InChI=1S/C14H30N2O3/c1-3-16-6-4-13(5-7-16)10-15-11-14(17)12-19-9-8-18-2/h13-15,17H,3-12H2,1-2H3. The van der Waals surface area contributed by atoms with Crippen molar-refractivity contribution < 1.29 is 14.6 Å². The molecule has 1 heterocycles. The Morgan fingerprint density at radius 3 is 2.68 bits per heavy atom. The molecule has 1 rings (SSSR count). The number of nitrogens with zero attached hydrogens (tertiary/aromatic N) is 1. The van der Waals surface area contributed by atoms with E-state index in [1.54, 1.807) is 7.11 Å². The van der Waals surface area contributed by atoms with E-state index in [4.69, 9.17) is 9.47 Å². The number of hydrogen-bond donors (Lipinski definition) is 2. The normalized spacial score (nSPS) is 19.7. The van der Waals surface area contributed by atoms with Crippen LogP contribution >= 0.6 is 0 Å². The van der Waals surface area contributed by atoms with Crippen molar-refractivity contribution in [3.8, 4) is 0 Å². The van der Waals surface area contributed by atoms with E-state index in [1.807, 2.05) is 0 Å². The van der Waals surface area contributed by atoms with Gasteiger partial charge in [-0.25, -0.2) is 0 Å². The first-order valence-electron chi connectivity index (χ1n) is 7.44. The van der Waals surface area contributed by atoms with Gasteiger partial charge in [0.1, 0.15) is 0 Å². The summed E-state index contributed by atoms with van der Waals surface area (Å²) < 4.78 is 10.2. The molecule has 5 nitrogen and oxygen atoms in total. The Morgan fingerprint density at radius 1 is 1.32 bits per heavy atom. The molecule has 114 valence electrons. The van der Waals surface area contributed by atoms with Crippen LogP contribution in [0.2, 0.25) is 0 Å². The fourth-order valence-electron chi connectivity index (χ4n) is 2.38. The van der Waals surface area contributed by atoms with Crippen LogP contribution in [0.5, 0.6) is 0 Å². The van der Waals surface area contributed by atoms with Crippen LogP contribution in [-0.2, 0) is 9.47 Å². The van der Waals surface area contributed by atoms with Crippen LogP contribution in [0.25, 0.3) is 0 Å². The van der Waals surface area contributed by atoms with Gasteiger partial charge in [0.2, 0.25) is 0 Å². The van der Waals surface area contributed by atoms with E-state index in [9.17, 15) is 5.11 Å². The van der Waals surface area contributed by atoms with E-state index in [0.29, 0.717) is 26.4 Å². The molecule has 0 aromatic carbocycles. The van der Waals surface area contributed by atoms with Crippen molar-refractivity contribution in [3.05, 3.63) is 0 Å². The van der Waals surface area contributed by atoms with E-state index >= 15 is 0 Å². The summed E-state index contributed by atoms with van der Waals surface area (Å²) in [6.07, 6.45) is 2.11. The molecule has 0 aliphatic carbocycles. The lowest BCUT2D eigenvalue weighted by atomic mass is 9.97. The average molecular weight is 274 g/mol. The summed E-state index contributed by atoms with van der Waals surface area (Å²) in [5.74, 6) is 0.754. The maximum Gasteiger partial charge on any atom is 0.0897 e. The Hall–Kier alpha value is -0.200. The molecule has 1 aliphatic rings. The Labute approximate surface area is 117 Å². The lowest BCUT2D eigenvalue weighted by molar-refractivity contribution is 0.0133. The second kappa shape index (κ2) is 10.6. The van der Waals surface area contributed by atoms with Gasteiger partial charge in [-0.3, -0.25) is 0 Å². The molecular weight excluding hydrogens is 244 g/mol. The Bertz CT molecular complexity index is 209. The molecule has 2 N–H and O–H groups in total. The van der Waals surface area contributed by atoms with Crippen molar-refractivity contribution >= 4 is 0 Å². The smallest absolute Gasteiger partial charge is 0.0897 e. The van der Waals surface area contributed by atoms with Gasteiger partial charge in [0.05, 0.1) is 25.9 Å². The topological polar surface area (TPSA) is 54.0 Å². The molecule has 0 aromatic rings. The number of nitrogens with one attached hydrogen (secondary N) is 1. The molecule has 1 aliphatic heterocycles. The summed E-state index contributed by atoms with van der Waals surface area (Å²) in [6, 6.07) is 0. The van der Waals surface area contributed by atoms with Crippen molar-refractivity contribution in [2.24, 2.45) is 5.92 Å². The zero-order chi connectivity index (χ0) is 13.9. The molecule has 1 atom stereocenters. The Morgan fingerprint density at radius 2 is 2.05 bits per heavy atom. The van der Waals surface area contributed by atoms with Crippen molar-refractivity contribution in [2.75, 3.05) is 59.7 Å². The quantitative estimate of drug-likeness (QED) is 0.562. The predicted molar refractivity (Wildman–Crippen MR) is 76.4 cm³/mol. The first-order valence-corrected chi connectivity index (χ1v) is 7.44. The summed E-state index contributed by atoms with van der Waals surface area (Å²) in [5.41, 5.74) is 0. The predicted octanol–water partition coefficient (Wildman–Crippen LogP) is 0.332. The summed E-state index contributed by atoms with van der Waals surface area (Å²) in [6.45, 7) is 8.94. The second-order valence-electron chi connectivity index (χ2n) is 5.26. The zero-order valence-corrected chi connectivity index (χ0v) is 12.4. The molecular formula is C14H30N2O3. The third-order valence-corrected chi connectivity index (χ3v) is 3.71.